The summed E-state index contributed by atoms with van der Waals surface area (Å²) < 4.78 is 1.02. The molecule has 0 amide bonds. The van der Waals surface area contributed by atoms with Gasteiger partial charge in [-0.1, -0.05) is 15.9 Å². The molecular weight excluding hydrogens is 278 g/mol. The quantitative estimate of drug-likeness (QED) is 0.786. The van der Waals surface area contributed by atoms with E-state index in [0.717, 1.165) is 21.6 Å². The molecule has 1 unspecified atom stereocenters. The summed E-state index contributed by atoms with van der Waals surface area (Å²) in [6, 6.07) is 6.37. The van der Waals surface area contributed by atoms with Gasteiger partial charge in [0.1, 0.15) is 0 Å². The highest BCUT2D eigenvalue weighted by Gasteiger charge is 2.31. The van der Waals surface area contributed by atoms with Crippen molar-refractivity contribution in [1.29, 1.82) is 0 Å². The lowest BCUT2D eigenvalue weighted by molar-refractivity contribution is 0.101. The van der Waals surface area contributed by atoms with Crippen LogP contribution in [0.15, 0.2) is 22.7 Å². The van der Waals surface area contributed by atoms with Crippen LogP contribution in [0.3, 0.4) is 0 Å². The summed E-state index contributed by atoms with van der Waals surface area (Å²) in [5, 5.41) is 0. The van der Waals surface area contributed by atoms with Crippen molar-refractivity contribution in [3.8, 4) is 0 Å². The van der Waals surface area contributed by atoms with Gasteiger partial charge in [0.25, 0.3) is 0 Å². The van der Waals surface area contributed by atoms with Crippen molar-refractivity contribution in [1.82, 2.24) is 0 Å². The Labute approximate surface area is 111 Å². The van der Waals surface area contributed by atoms with Crippen LogP contribution in [-0.2, 0) is 0 Å². The lowest BCUT2D eigenvalue weighted by Gasteiger charge is -2.28. The normalized spacial score (nSPS) is 16.7. The first-order chi connectivity index (χ1) is 8.00. The second-order valence-electron chi connectivity index (χ2n) is 4.91. The number of carbonyl (C=O) groups is 1. The Morgan fingerprint density at radius 2 is 2.12 bits per heavy atom. The second kappa shape index (κ2) is 4.81. The molecule has 17 heavy (non-hydrogen) atoms. The van der Waals surface area contributed by atoms with Crippen LogP contribution >= 0.6 is 15.9 Å². The zero-order chi connectivity index (χ0) is 12.6. The summed E-state index contributed by atoms with van der Waals surface area (Å²) >= 11 is 3.48. The highest BCUT2D eigenvalue weighted by atomic mass is 79.9. The fourth-order valence-electron chi connectivity index (χ4n) is 2.21. The molecule has 1 aromatic rings. The van der Waals surface area contributed by atoms with Crippen LogP contribution in [0.1, 0.15) is 37.0 Å². The van der Waals surface area contributed by atoms with Crippen molar-refractivity contribution in [2.75, 3.05) is 11.9 Å². The fraction of sp³-hybridized carbons (Fsp3) is 0.500. The molecule has 2 nitrogen and oxygen atoms in total. The Hall–Kier alpha value is -0.830. The molecule has 2 rings (SSSR count). The summed E-state index contributed by atoms with van der Waals surface area (Å²) in [5.74, 6) is 0.918. The number of anilines is 1. The van der Waals surface area contributed by atoms with Gasteiger partial charge in [0.05, 0.1) is 0 Å². The van der Waals surface area contributed by atoms with Gasteiger partial charge >= 0.3 is 0 Å². The number of benzene rings is 1. The first-order valence-corrected chi connectivity index (χ1v) is 6.83. The van der Waals surface area contributed by atoms with Gasteiger partial charge in [0, 0.05) is 28.8 Å². The van der Waals surface area contributed by atoms with Crippen LogP contribution in [0.4, 0.5) is 5.69 Å². The molecule has 0 heterocycles. The van der Waals surface area contributed by atoms with Gasteiger partial charge in [-0.25, -0.2) is 0 Å². The third kappa shape index (κ3) is 2.71. The predicted molar refractivity (Wildman–Crippen MR) is 74.7 cm³/mol. The predicted octanol–water partition coefficient (Wildman–Crippen LogP) is 3.89. The Morgan fingerprint density at radius 3 is 2.65 bits per heavy atom. The van der Waals surface area contributed by atoms with Crippen molar-refractivity contribution in [2.45, 2.75) is 32.7 Å². The molecule has 1 aromatic carbocycles. The minimum Gasteiger partial charge on any atom is -0.371 e. The summed E-state index contributed by atoms with van der Waals surface area (Å²) in [7, 11) is 2.08. The minimum absolute atomic E-state index is 0.127. The third-order valence-electron chi connectivity index (χ3n) is 3.63. The molecule has 0 spiro atoms. The molecular formula is C14H18BrNO. The molecule has 0 aliphatic heterocycles. The Balaban J connectivity index is 2.34. The lowest BCUT2D eigenvalue weighted by Crippen LogP contribution is -2.31. The van der Waals surface area contributed by atoms with Crippen LogP contribution in [0.25, 0.3) is 0 Å². The molecule has 0 bridgehead atoms. The number of nitrogens with zero attached hydrogens (tertiary/aromatic N) is 1. The molecule has 1 aliphatic carbocycles. The number of ketones is 1. The average molecular weight is 296 g/mol. The van der Waals surface area contributed by atoms with Gasteiger partial charge in [-0.2, -0.15) is 0 Å². The van der Waals surface area contributed by atoms with Crippen LogP contribution < -0.4 is 4.90 Å². The highest BCUT2D eigenvalue weighted by molar-refractivity contribution is 9.10. The van der Waals surface area contributed by atoms with E-state index in [0.29, 0.717) is 6.04 Å². The van der Waals surface area contributed by atoms with E-state index >= 15 is 0 Å². The van der Waals surface area contributed by atoms with E-state index in [1.165, 1.54) is 12.8 Å². The molecule has 0 aromatic heterocycles. The van der Waals surface area contributed by atoms with Crippen molar-refractivity contribution < 1.29 is 4.79 Å². The SMILES string of the molecule is CC(=O)c1ccc(Br)cc1N(C)C(C)C1CC1. The zero-order valence-corrected chi connectivity index (χ0v) is 12.1. The molecule has 1 fully saturated rings. The van der Waals surface area contributed by atoms with Gasteiger partial charge in [-0.15, -0.1) is 0 Å². The average Bonchev–Trinajstić information content (AvgIpc) is 3.10. The second-order valence-corrected chi connectivity index (χ2v) is 5.82. The molecule has 0 saturated heterocycles. The van der Waals surface area contributed by atoms with Gasteiger partial charge in [0.15, 0.2) is 5.78 Å². The maximum Gasteiger partial charge on any atom is 0.161 e. The van der Waals surface area contributed by atoms with E-state index in [9.17, 15) is 4.79 Å². The maximum atomic E-state index is 11.6. The monoisotopic (exact) mass is 295 g/mol. The number of hydrogen-bond acceptors (Lipinski definition) is 2. The topological polar surface area (TPSA) is 20.3 Å². The van der Waals surface area contributed by atoms with E-state index in [1.54, 1.807) is 6.92 Å². The number of rotatable bonds is 4. The summed E-state index contributed by atoms with van der Waals surface area (Å²) in [5.41, 5.74) is 1.84. The fourth-order valence-corrected chi connectivity index (χ4v) is 2.56. The van der Waals surface area contributed by atoms with Crippen LogP contribution in [-0.4, -0.2) is 18.9 Å². The number of halogens is 1. The number of carbonyl (C=O) groups excluding carboxylic acids is 1. The Bertz CT molecular complexity index is 440. The number of hydrogen-bond donors (Lipinski definition) is 0. The standard InChI is InChI=1S/C14H18BrNO/c1-9(11-4-5-11)16(3)14-8-12(15)6-7-13(14)10(2)17/h6-9,11H,4-5H2,1-3H3. The van der Waals surface area contributed by atoms with E-state index in [2.05, 4.69) is 34.8 Å². The zero-order valence-electron chi connectivity index (χ0n) is 10.5. The van der Waals surface area contributed by atoms with Gasteiger partial charge < -0.3 is 4.90 Å². The van der Waals surface area contributed by atoms with Gasteiger partial charge in [0.2, 0.25) is 0 Å². The van der Waals surface area contributed by atoms with E-state index in [-0.39, 0.29) is 5.78 Å². The molecule has 92 valence electrons. The Morgan fingerprint density at radius 1 is 1.47 bits per heavy atom. The van der Waals surface area contributed by atoms with Crippen LogP contribution in [0.2, 0.25) is 0 Å². The molecule has 0 radical (unpaired) electrons. The number of Topliss-reactive ketones (excluding diaryl/α,β-unsaturated/α-hetero) is 1. The molecule has 1 atom stereocenters. The Kier molecular flexibility index (Phi) is 3.57. The summed E-state index contributed by atoms with van der Waals surface area (Å²) in [4.78, 5) is 13.9. The molecule has 3 heteroatoms. The van der Waals surface area contributed by atoms with Crippen molar-refractivity contribution in [3.63, 3.8) is 0 Å². The van der Waals surface area contributed by atoms with E-state index in [1.807, 2.05) is 18.2 Å². The van der Waals surface area contributed by atoms with Crippen LogP contribution in [0.5, 0.6) is 0 Å². The largest absolute Gasteiger partial charge is 0.371 e. The van der Waals surface area contributed by atoms with Gasteiger partial charge in [-0.3, -0.25) is 4.79 Å². The van der Waals surface area contributed by atoms with E-state index < -0.39 is 0 Å². The first kappa shape index (κ1) is 12.6. The van der Waals surface area contributed by atoms with Gasteiger partial charge in [-0.05, 0) is 50.8 Å². The first-order valence-electron chi connectivity index (χ1n) is 6.04. The van der Waals surface area contributed by atoms with Crippen molar-refractivity contribution in [3.05, 3.63) is 28.2 Å². The van der Waals surface area contributed by atoms with E-state index in [4.69, 9.17) is 0 Å². The third-order valence-corrected chi connectivity index (χ3v) is 4.13. The summed E-state index contributed by atoms with van der Waals surface area (Å²) in [6.45, 7) is 3.87. The molecule has 1 saturated carbocycles. The highest BCUT2D eigenvalue weighted by Crippen LogP contribution is 2.37. The van der Waals surface area contributed by atoms with Crippen molar-refractivity contribution in [2.24, 2.45) is 5.92 Å². The molecule has 0 N–H and O–H groups in total. The maximum absolute atomic E-state index is 11.6. The minimum atomic E-state index is 0.127. The smallest absolute Gasteiger partial charge is 0.161 e. The lowest BCUT2D eigenvalue weighted by atomic mass is 10.1. The van der Waals surface area contributed by atoms with Crippen LogP contribution in [0, 0.1) is 5.92 Å². The summed E-state index contributed by atoms with van der Waals surface area (Å²) in [6.07, 6.45) is 2.63. The molecule has 1 aliphatic rings. The van der Waals surface area contributed by atoms with Crippen molar-refractivity contribution >= 4 is 27.4 Å².